The average molecular weight is 663 g/mol. The normalized spacial score (nSPS) is 12.5. The Hall–Kier alpha value is -4.10. The van der Waals surface area contributed by atoms with Crippen molar-refractivity contribution >= 4 is 80.9 Å². The third-order valence-electron chi connectivity index (χ3n) is 8.84. The van der Waals surface area contributed by atoms with Gasteiger partial charge >= 0.3 is 205 Å². The summed E-state index contributed by atoms with van der Waals surface area (Å²) in [6.45, 7) is 0. The number of rotatable bonds is 4. The fraction of sp³-hybridized carbons (Fsp3) is 0. The third kappa shape index (κ3) is 3.98. The molecular formula is C40H26NPSSe. The van der Waals surface area contributed by atoms with Gasteiger partial charge < -0.3 is 0 Å². The summed E-state index contributed by atoms with van der Waals surface area (Å²) < 4.78 is 2.45. The number of benzene rings is 7. The molecule has 1 aromatic heterocycles. The van der Waals surface area contributed by atoms with Gasteiger partial charge in [0, 0.05) is 10.8 Å². The van der Waals surface area contributed by atoms with Crippen LogP contribution in [0.4, 0.5) is 0 Å². The zero-order valence-electron chi connectivity index (χ0n) is 23.7. The number of para-hydroxylation sites is 2. The molecule has 0 amide bonds. The zero-order valence-corrected chi connectivity index (χ0v) is 27.1. The van der Waals surface area contributed by atoms with Gasteiger partial charge in [-0.15, -0.1) is 0 Å². The summed E-state index contributed by atoms with van der Waals surface area (Å²) in [6, 6.07) is 58.2. The quantitative estimate of drug-likeness (QED) is 0.134. The van der Waals surface area contributed by atoms with E-state index in [-0.39, 0.29) is 0 Å². The number of nitrogens with zero attached hydrogens (tertiary/aromatic N) is 1. The van der Waals surface area contributed by atoms with E-state index >= 15 is 0 Å². The minimum absolute atomic E-state index is 1.24. The van der Waals surface area contributed by atoms with E-state index in [0.29, 0.717) is 0 Å². The number of hydrogen-bond donors (Lipinski definition) is 0. The van der Waals surface area contributed by atoms with Gasteiger partial charge in [0.05, 0.1) is 11.0 Å². The second-order valence-corrected chi connectivity index (χ2v) is 18.6. The van der Waals surface area contributed by atoms with E-state index in [1.807, 2.05) is 11.8 Å². The molecule has 1 nitrogen and oxygen atoms in total. The molecule has 2 heterocycles. The van der Waals surface area contributed by atoms with Crippen LogP contribution in [0.5, 0.6) is 0 Å². The summed E-state index contributed by atoms with van der Waals surface area (Å²) in [5.41, 5.74) is 4.43. The van der Waals surface area contributed by atoms with Crippen molar-refractivity contribution in [1.82, 2.24) is 4.57 Å². The summed E-state index contributed by atoms with van der Waals surface area (Å²) in [5, 5.41) is 9.21. The zero-order chi connectivity index (χ0) is 29.3. The van der Waals surface area contributed by atoms with Crippen molar-refractivity contribution in [2.24, 2.45) is 0 Å². The van der Waals surface area contributed by atoms with Crippen molar-refractivity contribution in [2.45, 2.75) is 9.79 Å². The van der Waals surface area contributed by atoms with E-state index in [1.165, 1.54) is 75.1 Å². The molecule has 0 atom stereocenters. The molecule has 0 aliphatic carbocycles. The van der Waals surface area contributed by atoms with Gasteiger partial charge in [0.1, 0.15) is 0 Å². The van der Waals surface area contributed by atoms with Crippen LogP contribution in [0.25, 0.3) is 49.4 Å². The van der Waals surface area contributed by atoms with E-state index < -0.39 is 5.51 Å². The van der Waals surface area contributed by atoms with Crippen LogP contribution in [0.2, 0.25) is 0 Å². The Balaban J connectivity index is 1.14. The summed E-state index contributed by atoms with van der Waals surface area (Å²) >= 11 is 5.58. The van der Waals surface area contributed by atoms with Crippen LogP contribution in [-0.4, -0.2) is 19.7 Å². The van der Waals surface area contributed by atoms with Gasteiger partial charge in [-0.2, -0.15) is 0 Å². The predicted molar refractivity (Wildman–Crippen MR) is 192 cm³/mol. The van der Waals surface area contributed by atoms with E-state index in [4.69, 9.17) is 0 Å². The van der Waals surface area contributed by atoms with Gasteiger partial charge in [0.15, 0.2) is 0 Å². The van der Waals surface area contributed by atoms with E-state index in [1.54, 1.807) is 0 Å². The average Bonchev–Trinajstić information content (AvgIpc) is 3.44. The Kier molecular flexibility index (Phi) is 6.12. The first kappa shape index (κ1) is 26.3. The van der Waals surface area contributed by atoms with Gasteiger partial charge in [-0.3, -0.25) is 0 Å². The Morgan fingerprint density at radius 2 is 1.11 bits per heavy atom. The molecule has 1 aliphatic heterocycles. The molecule has 0 saturated carbocycles. The van der Waals surface area contributed by atoms with Crippen LogP contribution in [0.1, 0.15) is 0 Å². The summed E-state index contributed by atoms with van der Waals surface area (Å²) in [6.07, 6.45) is 0. The monoisotopic (exact) mass is 663 g/mol. The summed E-state index contributed by atoms with van der Waals surface area (Å²) in [4.78, 5) is 2.61. The molecule has 9 rings (SSSR count). The molecule has 44 heavy (non-hydrogen) atoms. The van der Waals surface area contributed by atoms with Crippen LogP contribution in [0.3, 0.4) is 0 Å². The predicted octanol–water partition coefficient (Wildman–Crippen LogP) is 9.45. The molecule has 0 bridgehead atoms. The van der Waals surface area contributed by atoms with Crippen LogP contribution < -0.4 is 15.9 Å². The van der Waals surface area contributed by atoms with Crippen molar-refractivity contribution in [3.8, 4) is 16.8 Å². The molecule has 4 heteroatoms. The second kappa shape index (κ2) is 10.2. The number of aromatic nitrogens is 1. The van der Waals surface area contributed by atoms with Gasteiger partial charge in [-0.1, -0.05) is 30.3 Å². The molecule has 0 unspecified atom stereocenters. The van der Waals surface area contributed by atoms with Gasteiger partial charge in [-0.05, 0) is 12.1 Å². The molecule has 8 aromatic rings. The summed E-state index contributed by atoms with van der Waals surface area (Å²) in [5.74, 6) is 0. The third-order valence-corrected chi connectivity index (χ3v) is 17.0. The molecule has 0 radical (unpaired) electrons. The molecule has 1 aliphatic rings. The van der Waals surface area contributed by atoms with E-state index in [9.17, 15) is 0 Å². The molecule has 0 fully saturated rings. The molecule has 7 aromatic carbocycles. The molecule has 0 N–H and O–H groups in total. The fourth-order valence-electron chi connectivity index (χ4n) is 6.73. The van der Waals surface area contributed by atoms with Gasteiger partial charge in [0.25, 0.3) is 0 Å². The van der Waals surface area contributed by atoms with Crippen molar-refractivity contribution in [3.63, 3.8) is 0 Å². The molecule has 0 saturated heterocycles. The molecular weight excluding hydrogens is 636 g/mol. The molecule has 0 spiro atoms. The summed E-state index contributed by atoms with van der Waals surface area (Å²) in [7, 11) is 0. The Morgan fingerprint density at radius 3 is 1.91 bits per heavy atom. The van der Waals surface area contributed by atoms with Crippen molar-refractivity contribution in [2.75, 3.05) is 0 Å². The van der Waals surface area contributed by atoms with Crippen LogP contribution >= 0.6 is 17.3 Å². The topological polar surface area (TPSA) is 4.93 Å². The Bertz CT molecular complexity index is 2400. The number of fused-ring (bicyclic) bond motifs is 6. The first-order valence-corrected chi connectivity index (χ1v) is 19.6. The van der Waals surface area contributed by atoms with Crippen LogP contribution in [-0.2, 0) is 0 Å². The van der Waals surface area contributed by atoms with Gasteiger partial charge in [-0.25, -0.2) is 0 Å². The Labute approximate surface area is 268 Å². The van der Waals surface area contributed by atoms with E-state index in [0.717, 1.165) is 0 Å². The standard InChI is InChI=1S/C40H26NPSSe/c44-42(31-10-3-1-4-11-31,32-12-5-2-6-13-32)33-22-20-28-24-27(18-19-29(28)25-33)30-21-23-37-39(26-30)43-38-17-9-15-35-34-14-7-8-16-36(34)41(37)40(35)38/h1-26H. The maximum atomic E-state index is 3.70. The van der Waals surface area contributed by atoms with Crippen LogP contribution in [0, 0.1) is 0 Å². The van der Waals surface area contributed by atoms with Crippen molar-refractivity contribution in [1.29, 1.82) is 0 Å². The Morgan fingerprint density at radius 1 is 0.477 bits per heavy atom. The van der Waals surface area contributed by atoms with Crippen LogP contribution in [0.15, 0.2) is 168 Å². The van der Waals surface area contributed by atoms with Crippen molar-refractivity contribution < 1.29 is 0 Å². The number of hydrogen-bond acceptors (Lipinski definition) is 1. The SMILES string of the molecule is [Se]=P(c1ccccc1)(c1ccccc1)c1ccc2cc(-c3ccc4c(c3)Sc3cccc5c6ccccc6n-4c35)ccc2c1. The van der Waals surface area contributed by atoms with Crippen molar-refractivity contribution in [3.05, 3.63) is 158 Å². The molecule has 208 valence electrons. The van der Waals surface area contributed by atoms with Gasteiger partial charge in [0.2, 0.25) is 0 Å². The van der Waals surface area contributed by atoms with E-state index in [2.05, 4.69) is 177 Å². The second-order valence-electron chi connectivity index (χ2n) is 11.3. The fourth-order valence-corrected chi connectivity index (χ4v) is 12.8. The maximum absolute atomic E-state index is 3.70. The minimum atomic E-state index is -1.90. The first-order chi connectivity index (χ1) is 21.7. The first-order valence-electron chi connectivity index (χ1n) is 14.8.